The standard InChI is InChI=1S/C22H24N2O7/c23-19(26)9-4-10-20(27)24-17(12-21(28)29)18(25)13-31-22(30)11-15-7-3-6-14-5-1-2-8-16(14)15/h1-3,5-8,17H,4,9-13H2,(H2,23,26)(H,24,27)(H,28,29). The van der Waals surface area contributed by atoms with Crippen molar-refractivity contribution in [2.45, 2.75) is 38.1 Å². The van der Waals surface area contributed by atoms with Gasteiger partial charge in [-0.05, 0) is 22.8 Å². The van der Waals surface area contributed by atoms with Gasteiger partial charge in [-0.15, -0.1) is 0 Å². The van der Waals surface area contributed by atoms with Crippen LogP contribution in [0.3, 0.4) is 0 Å². The first-order valence-corrected chi connectivity index (χ1v) is 9.70. The van der Waals surface area contributed by atoms with Crippen molar-refractivity contribution in [3.63, 3.8) is 0 Å². The van der Waals surface area contributed by atoms with Crippen molar-refractivity contribution in [2.24, 2.45) is 5.73 Å². The molecule has 0 saturated heterocycles. The average Bonchev–Trinajstić information content (AvgIpc) is 2.71. The summed E-state index contributed by atoms with van der Waals surface area (Å²) >= 11 is 0. The van der Waals surface area contributed by atoms with E-state index in [1.165, 1.54) is 0 Å². The first kappa shape index (κ1) is 23.5. The van der Waals surface area contributed by atoms with Gasteiger partial charge in [0.15, 0.2) is 12.4 Å². The number of rotatable bonds is 12. The van der Waals surface area contributed by atoms with Crippen LogP contribution in [0.25, 0.3) is 10.8 Å². The van der Waals surface area contributed by atoms with Gasteiger partial charge in [-0.25, -0.2) is 0 Å². The van der Waals surface area contributed by atoms with E-state index in [2.05, 4.69) is 5.32 Å². The molecule has 0 radical (unpaired) electrons. The Hall–Kier alpha value is -3.75. The predicted molar refractivity (Wildman–Crippen MR) is 111 cm³/mol. The largest absolute Gasteiger partial charge is 0.481 e. The molecule has 0 aliphatic heterocycles. The quantitative estimate of drug-likeness (QED) is 0.428. The molecule has 2 aromatic carbocycles. The van der Waals surface area contributed by atoms with Gasteiger partial charge in [0.25, 0.3) is 0 Å². The molecule has 2 rings (SSSR count). The lowest BCUT2D eigenvalue weighted by Gasteiger charge is -2.16. The molecule has 4 N–H and O–H groups in total. The van der Waals surface area contributed by atoms with E-state index in [1.807, 2.05) is 36.4 Å². The zero-order valence-electron chi connectivity index (χ0n) is 16.8. The average molecular weight is 428 g/mol. The van der Waals surface area contributed by atoms with Gasteiger partial charge in [0.1, 0.15) is 6.04 Å². The molecular weight excluding hydrogens is 404 g/mol. The summed E-state index contributed by atoms with van der Waals surface area (Å²) in [4.78, 5) is 58.2. The van der Waals surface area contributed by atoms with E-state index in [9.17, 15) is 24.0 Å². The van der Waals surface area contributed by atoms with E-state index in [-0.39, 0.29) is 25.7 Å². The minimum atomic E-state index is -1.34. The van der Waals surface area contributed by atoms with Crippen LogP contribution in [0.2, 0.25) is 0 Å². The Morgan fingerprint density at radius 3 is 2.42 bits per heavy atom. The second-order valence-electron chi connectivity index (χ2n) is 6.98. The van der Waals surface area contributed by atoms with E-state index in [0.29, 0.717) is 0 Å². The Labute approximate surface area is 178 Å². The van der Waals surface area contributed by atoms with E-state index in [1.54, 1.807) is 6.07 Å². The molecule has 0 heterocycles. The molecule has 1 atom stereocenters. The molecule has 0 fully saturated rings. The number of primary amides is 1. The number of nitrogens with two attached hydrogens (primary N) is 1. The van der Waals surface area contributed by atoms with Gasteiger partial charge in [-0.1, -0.05) is 42.5 Å². The predicted octanol–water partition coefficient (Wildman–Crippen LogP) is 1.11. The number of fused-ring (bicyclic) bond motifs is 1. The summed E-state index contributed by atoms with van der Waals surface area (Å²) in [5.74, 6) is -3.84. The van der Waals surface area contributed by atoms with Crippen LogP contribution in [0.1, 0.15) is 31.2 Å². The maximum Gasteiger partial charge on any atom is 0.310 e. The fourth-order valence-corrected chi connectivity index (χ4v) is 3.02. The highest BCUT2D eigenvalue weighted by Gasteiger charge is 2.24. The number of benzene rings is 2. The summed E-state index contributed by atoms with van der Waals surface area (Å²) in [6, 6.07) is 11.7. The summed E-state index contributed by atoms with van der Waals surface area (Å²) < 4.78 is 5.02. The number of carboxylic acid groups (broad SMARTS) is 1. The first-order valence-electron chi connectivity index (χ1n) is 9.70. The van der Waals surface area contributed by atoms with Crippen LogP contribution in [-0.2, 0) is 35.1 Å². The highest BCUT2D eigenvalue weighted by molar-refractivity contribution is 5.94. The number of carboxylic acids is 1. The Bertz CT molecular complexity index is 981. The van der Waals surface area contributed by atoms with E-state index in [4.69, 9.17) is 15.6 Å². The van der Waals surface area contributed by atoms with Crippen molar-refractivity contribution in [1.29, 1.82) is 0 Å². The maximum atomic E-state index is 12.3. The smallest absolute Gasteiger partial charge is 0.310 e. The lowest BCUT2D eigenvalue weighted by molar-refractivity contribution is -0.148. The Kier molecular flexibility index (Phi) is 8.68. The Morgan fingerprint density at radius 1 is 1.00 bits per heavy atom. The molecule has 2 amide bonds. The van der Waals surface area contributed by atoms with E-state index >= 15 is 0 Å². The van der Waals surface area contributed by atoms with Crippen molar-refractivity contribution in [1.82, 2.24) is 5.32 Å². The zero-order chi connectivity index (χ0) is 22.8. The maximum absolute atomic E-state index is 12.3. The molecule has 0 saturated carbocycles. The van der Waals surface area contributed by atoms with Crippen molar-refractivity contribution in [3.8, 4) is 0 Å². The summed E-state index contributed by atoms with van der Waals surface area (Å²) in [6.45, 7) is -0.664. The lowest BCUT2D eigenvalue weighted by Crippen LogP contribution is -2.44. The fourth-order valence-electron chi connectivity index (χ4n) is 3.02. The number of nitrogens with one attached hydrogen (secondary N) is 1. The van der Waals surface area contributed by atoms with Crippen molar-refractivity contribution < 1.29 is 33.8 Å². The molecule has 9 heteroatoms. The highest BCUT2D eigenvalue weighted by atomic mass is 16.5. The fraction of sp³-hybridized carbons (Fsp3) is 0.318. The summed E-state index contributed by atoms with van der Waals surface area (Å²) in [5, 5.41) is 13.2. The van der Waals surface area contributed by atoms with Gasteiger partial charge >= 0.3 is 11.9 Å². The number of ether oxygens (including phenoxy) is 1. The Morgan fingerprint density at radius 2 is 1.71 bits per heavy atom. The zero-order valence-corrected chi connectivity index (χ0v) is 16.8. The molecule has 0 aliphatic rings. The van der Waals surface area contributed by atoms with E-state index in [0.717, 1.165) is 16.3 Å². The van der Waals surface area contributed by atoms with Gasteiger partial charge < -0.3 is 20.9 Å². The van der Waals surface area contributed by atoms with E-state index < -0.39 is 48.6 Å². The van der Waals surface area contributed by atoms with Crippen LogP contribution in [0.15, 0.2) is 42.5 Å². The second kappa shape index (κ2) is 11.4. The molecule has 9 nitrogen and oxygen atoms in total. The van der Waals surface area contributed by atoms with Gasteiger partial charge in [0, 0.05) is 12.8 Å². The molecule has 164 valence electrons. The topological polar surface area (TPSA) is 153 Å². The third kappa shape index (κ3) is 7.88. The first-order chi connectivity index (χ1) is 14.8. The van der Waals surface area contributed by atoms with Crippen LogP contribution in [0, 0.1) is 0 Å². The molecular formula is C22H24N2O7. The number of amides is 2. The minimum Gasteiger partial charge on any atom is -0.481 e. The minimum absolute atomic E-state index is 0.00323. The highest BCUT2D eigenvalue weighted by Crippen LogP contribution is 2.19. The van der Waals surface area contributed by atoms with Crippen LogP contribution < -0.4 is 11.1 Å². The van der Waals surface area contributed by atoms with Crippen LogP contribution in [0.4, 0.5) is 0 Å². The lowest BCUT2D eigenvalue weighted by atomic mass is 10.0. The number of carbonyl (C=O) groups excluding carboxylic acids is 4. The van der Waals surface area contributed by atoms with Gasteiger partial charge in [0.05, 0.1) is 12.8 Å². The number of hydrogen-bond donors (Lipinski definition) is 3. The number of Topliss-reactive ketones (excluding diaryl/α,β-unsaturated/α-hetero) is 1. The molecule has 0 bridgehead atoms. The van der Waals surface area contributed by atoms with Gasteiger partial charge in [0.2, 0.25) is 11.8 Å². The monoisotopic (exact) mass is 428 g/mol. The molecule has 2 aromatic rings. The number of carbonyl (C=O) groups is 5. The second-order valence-corrected chi connectivity index (χ2v) is 6.98. The number of esters is 1. The number of aliphatic carboxylic acids is 1. The molecule has 1 unspecified atom stereocenters. The molecule has 31 heavy (non-hydrogen) atoms. The van der Waals surface area contributed by atoms with Gasteiger partial charge in [-0.3, -0.25) is 24.0 Å². The SMILES string of the molecule is NC(=O)CCCC(=O)NC(CC(=O)O)C(=O)COC(=O)Cc1cccc2ccccc12. The third-order valence-corrected chi connectivity index (χ3v) is 4.52. The number of hydrogen-bond acceptors (Lipinski definition) is 6. The summed E-state index contributed by atoms with van der Waals surface area (Å²) in [7, 11) is 0. The molecule has 0 aliphatic carbocycles. The Balaban J connectivity index is 1.91. The molecule has 0 aromatic heterocycles. The summed E-state index contributed by atoms with van der Waals surface area (Å²) in [5.41, 5.74) is 5.73. The van der Waals surface area contributed by atoms with Crippen molar-refractivity contribution in [3.05, 3.63) is 48.0 Å². The number of ketones is 1. The van der Waals surface area contributed by atoms with Gasteiger partial charge in [-0.2, -0.15) is 0 Å². The van der Waals surface area contributed by atoms with Crippen LogP contribution in [0.5, 0.6) is 0 Å². The van der Waals surface area contributed by atoms with Crippen molar-refractivity contribution in [2.75, 3.05) is 6.61 Å². The summed E-state index contributed by atoms with van der Waals surface area (Å²) in [6.07, 6.45) is -0.627. The van der Waals surface area contributed by atoms with Crippen LogP contribution >= 0.6 is 0 Å². The molecule has 0 spiro atoms. The normalized spacial score (nSPS) is 11.5. The third-order valence-electron chi connectivity index (χ3n) is 4.52. The van der Waals surface area contributed by atoms with Crippen LogP contribution in [-0.4, -0.2) is 47.3 Å². The van der Waals surface area contributed by atoms with Crippen molar-refractivity contribution >= 4 is 40.3 Å².